The Balaban J connectivity index is 1.16. The Morgan fingerprint density at radius 2 is 1.84 bits per heavy atom. The molecule has 0 radical (unpaired) electrons. The summed E-state index contributed by atoms with van der Waals surface area (Å²) in [7, 11) is 0. The van der Waals surface area contributed by atoms with Crippen LogP contribution in [0.5, 0.6) is 0 Å². The van der Waals surface area contributed by atoms with Gasteiger partial charge in [0.15, 0.2) is 5.78 Å². The maximum absolute atomic E-state index is 14.3. The van der Waals surface area contributed by atoms with Gasteiger partial charge in [0.2, 0.25) is 5.95 Å². The van der Waals surface area contributed by atoms with E-state index in [1.807, 2.05) is 6.07 Å². The van der Waals surface area contributed by atoms with Gasteiger partial charge in [-0.1, -0.05) is 17.3 Å². The molecule has 2 aromatic heterocycles. The highest BCUT2D eigenvalue weighted by atomic mass is 19.1. The maximum atomic E-state index is 14.3. The minimum Gasteiger partial charge on any atom is -0.360 e. The number of hydrogen-bond donors (Lipinski definition) is 0. The van der Waals surface area contributed by atoms with Gasteiger partial charge in [0, 0.05) is 56.5 Å². The molecular weight excluding hydrogens is 409 g/mol. The standard InChI is InChI=1S/C24H26FN5O2/c25-19-7-2-1-6-18(19)22-21-20(32-28-22)9-8-17(23(21)31)5-3-12-29-13-15-30(16-14-29)24-26-10-4-11-27-24/h1-2,4,6-7,10-11,17H,3,5,8-9,12-16H2. The fourth-order valence-corrected chi connectivity index (χ4v) is 4.69. The van der Waals surface area contributed by atoms with Crippen LogP contribution in [0.2, 0.25) is 0 Å². The molecule has 2 aliphatic rings. The Hall–Kier alpha value is -3.13. The smallest absolute Gasteiger partial charge is 0.225 e. The third kappa shape index (κ3) is 4.14. The van der Waals surface area contributed by atoms with E-state index in [4.69, 9.17) is 4.52 Å². The van der Waals surface area contributed by atoms with Gasteiger partial charge >= 0.3 is 0 Å². The third-order valence-corrected chi connectivity index (χ3v) is 6.46. The molecule has 1 unspecified atom stereocenters. The number of fused-ring (bicyclic) bond motifs is 1. The highest BCUT2D eigenvalue weighted by Gasteiger charge is 2.34. The number of benzene rings is 1. The SMILES string of the molecule is O=C1c2c(-c3ccccc3F)noc2CCC1CCCN1CCN(c2ncccn2)CC1. The van der Waals surface area contributed by atoms with Gasteiger partial charge in [0.1, 0.15) is 17.3 Å². The van der Waals surface area contributed by atoms with E-state index < -0.39 is 5.82 Å². The number of rotatable bonds is 6. The van der Waals surface area contributed by atoms with Gasteiger partial charge in [-0.2, -0.15) is 0 Å². The van der Waals surface area contributed by atoms with Crippen LogP contribution in [0, 0.1) is 11.7 Å². The zero-order valence-corrected chi connectivity index (χ0v) is 17.9. The zero-order valence-electron chi connectivity index (χ0n) is 17.9. The normalized spacial score (nSPS) is 19.2. The van der Waals surface area contributed by atoms with E-state index in [-0.39, 0.29) is 11.7 Å². The predicted octanol–water partition coefficient (Wildman–Crippen LogP) is 3.62. The first-order valence-electron chi connectivity index (χ1n) is 11.2. The summed E-state index contributed by atoms with van der Waals surface area (Å²) in [5.41, 5.74) is 1.14. The third-order valence-electron chi connectivity index (χ3n) is 6.46. The van der Waals surface area contributed by atoms with Gasteiger partial charge in [-0.05, 0) is 44.0 Å². The molecule has 3 heterocycles. The van der Waals surface area contributed by atoms with Gasteiger partial charge in [-0.25, -0.2) is 14.4 Å². The van der Waals surface area contributed by atoms with Crippen LogP contribution in [-0.2, 0) is 6.42 Å². The number of halogens is 1. The number of nitrogens with zero attached hydrogens (tertiary/aromatic N) is 5. The molecule has 5 rings (SSSR count). The van der Waals surface area contributed by atoms with Crippen molar-refractivity contribution in [2.75, 3.05) is 37.6 Å². The van der Waals surface area contributed by atoms with E-state index in [1.165, 1.54) is 6.07 Å². The molecule has 0 bridgehead atoms. The minimum atomic E-state index is -0.390. The van der Waals surface area contributed by atoms with Crippen LogP contribution < -0.4 is 4.90 Å². The lowest BCUT2D eigenvalue weighted by Gasteiger charge is -2.34. The van der Waals surface area contributed by atoms with Crippen molar-refractivity contribution in [2.45, 2.75) is 25.7 Å². The summed E-state index contributed by atoms with van der Waals surface area (Å²) >= 11 is 0. The van der Waals surface area contributed by atoms with Crippen molar-refractivity contribution in [3.63, 3.8) is 0 Å². The van der Waals surface area contributed by atoms with Crippen molar-refractivity contribution in [1.29, 1.82) is 0 Å². The Morgan fingerprint density at radius 1 is 1.06 bits per heavy atom. The predicted molar refractivity (Wildman–Crippen MR) is 118 cm³/mol. The Labute approximate surface area is 186 Å². The fraction of sp³-hybridized carbons (Fsp3) is 0.417. The summed E-state index contributed by atoms with van der Waals surface area (Å²) in [6, 6.07) is 8.22. The van der Waals surface area contributed by atoms with Crippen LogP contribution in [0.4, 0.5) is 10.3 Å². The topological polar surface area (TPSA) is 75.4 Å². The number of hydrogen-bond acceptors (Lipinski definition) is 7. The van der Waals surface area contributed by atoms with Gasteiger partial charge < -0.3 is 9.42 Å². The molecule has 0 spiro atoms. The summed E-state index contributed by atoms with van der Waals surface area (Å²) in [5.74, 6) is 0.959. The largest absolute Gasteiger partial charge is 0.360 e. The molecule has 1 atom stereocenters. The Kier molecular flexibility index (Phi) is 5.94. The van der Waals surface area contributed by atoms with Crippen molar-refractivity contribution in [3.8, 4) is 11.3 Å². The quantitative estimate of drug-likeness (QED) is 0.585. The highest BCUT2D eigenvalue weighted by Crippen LogP contribution is 2.35. The second-order valence-electron chi connectivity index (χ2n) is 8.43. The van der Waals surface area contributed by atoms with Gasteiger partial charge in [-0.3, -0.25) is 9.69 Å². The molecule has 166 valence electrons. The number of anilines is 1. The second kappa shape index (κ2) is 9.16. The van der Waals surface area contributed by atoms with Crippen molar-refractivity contribution in [2.24, 2.45) is 5.92 Å². The van der Waals surface area contributed by atoms with Crippen LogP contribution in [0.3, 0.4) is 0 Å². The first kappa shape index (κ1) is 20.8. The van der Waals surface area contributed by atoms with Crippen LogP contribution in [0.25, 0.3) is 11.3 Å². The number of Topliss-reactive ketones (excluding diaryl/α,β-unsaturated/α-hetero) is 1. The van der Waals surface area contributed by atoms with E-state index in [9.17, 15) is 9.18 Å². The zero-order chi connectivity index (χ0) is 21.9. The monoisotopic (exact) mass is 435 g/mol. The first-order valence-corrected chi connectivity index (χ1v) is 11.2. The van der Waals surface area contributed by atoms with Crippen molar-refractivity contribution >= 4 is 11.7 Å². The molecule has 1 aliphatic carbocycles. The molecule has 1 fully saturated rings. The van der Waals surface area contributed by atoms with E-state index >= 15 is 0 Å². The number of piperazine rings is 1. The van der Waals surface area contributed by atoms with Gasteiger partial charge in [0.25, 0.3) is 0 Å². The van der Waals surface area contributed by atoms with E-state index in [0.29, 0.717) is 29.0 Å². The highest BCUT2D eigenvalue weighted by molar-refractivity contribution is 6.04. The summed E-state index contributed by atoms with van der Waals surface area (Å²) in [5, 5.41) is 4.04. The number of ketones is 1. The molecule has 32 heavy (non-hydrogen) atoms. The molecule has 0 amide bonds. The molecule has 0 saturated carbocycles. The second-order valence-corrected chi connectivity index (χ2v) is 8.43. The first-order chi connectivity index (χ1) is 15.7. The lowest BCUT2D eigenvalue weighted by atomic mass is 9.82. The van der Waals surface area contributed by atoms with Crippen LogP contribution in [0.1, 0.15) is 35.4 Å². The molecule has 3 aromatic rings. The Morgan fingerprint density at radius 3 is 2.62 bits per heavy atom. The van der Waals surface area contributed by atoms with E-state index in [0.717, 1.165) is 57.9 Å². The van der Waals surface area contributed by atoms with E-state index in [1.54, 1.807) is 30.6 Å². The maximum Gasteiger partial charge on any atom is 0.225 e. The lowest BCUT2D eigenvalue weighted by molar-refractivity contribution is 0.0884. The summed E-state index contributed by atoms with van der Waals surface area (Å²) < 4.78 is 19.7. The molecule has 0 N–H and O–H groups in total. The molecule has 7 nitrogen and oxygen atoms in total. The summed E-state index contributed by atoms with van der Waals surface area (Å²) in [4.78, 5) is 26.5. The number of carbonyl (C=O) groups is 1. The number of aryl methyl sites for hydroxylation is 1. The van der Waals surface area contributed by atoms with Gasteiger partial charge in [-0.15, -0.1) is 0 Å². The Bertz CT molecular complexity index is 1080. The van der Waals surface area contributed by atoms with E-state index in [2.05, 4.69) is 24.9 Å². The average Bonchev–Trinajstić information content (AvgIpc) is 3.27. The number of aromatic nitrogens is 3. The van der Waals surface area contributed by atoms with Crippen molar-refractivity contribution < 1.29 is 13.7 Å². The summed E-state index contributed by atoms with van der Waals surface area (Å²) in [6.07, 6.45) is 6.75. The molecule has 8 heteroatoms. The molecule has 1 aliphatic heterocycles. The van der Waals surface area contributed by atoms with Crippen LogP contribution in [0.15, 0.2) is 47.2 Å². The summed E-state index contributed by atoms with van der Waals surface area (Å²) in [6.45, 7) is 4.70. The molecular formula is C24H26FN5O2. The molecule has 1 aromatic carbocycles. The number of carbonyl (C=O) groups excluding carboxylic acids is 1. The van der Waals surface area contributed by atoms with Crippen LogP contribution in [-0.4, -0.2) is 58.5 Å². The van der Waals surface area contributed by atoms with Gasteiger partial charge in [0.05, 0.1) is 5.56 Å². The lowest BCUT2D eigenvalue weighted by Crippen LogP contribution is -2.47. The minimum absolute atomic E-state index is 0.0387. The average molecular weight is 436 g/mol. The molecule has 1 saturated heterocycles. The van der Waals surface area contributed by atoms with Crippen molar-refractivity contribution in [3.05, 3.63) is 59.9 Å². The van der Waals surface area contributed by atoms with Crippen LogP contribution >= 0.6 is 0 Å². The fourth-order valence-electron chi connectivity index (χ4n) is 4.69. The van der Waals surface area contributed by atoms with Crippen molar-refractivity contribution in [1.82, 2.24) is 20.0 Å².